The third-order valence-electron chi connectivity index (χ3n) is 2.51. The molecule has 2 N–H and O–H groups in total. The molecule has 19 heavy (non-hydrogen) atoms. The van der Waals surface area contributed by atoms with Gasteiger partial charge in [-0.2, -0.15) is 0 Å². The van der Waals surface area contributed by atoms with Crippen molar-refractivity contribution in [2.24, 2.45) is 0 Å². The van der Waals surface area contributed by atoms with Gasteiger partial charge in [-0.15, -0.1) is 11.3 Å². The molecule has 0 spiro atoms. The Hall–Kier alpha value is -2.28. The Bertz CT molecular complexity index is 624. The molecule has 0 aliphatic rings. The van der Waals surface area contributed by atoms with Crippen LogP contribution in [0.1, 0.15) is 31.4 Å². The van der Waals surface area contributed by atoms with Gasteiger partial charge in [0.1, 0.15) is 5.69 Å². The molecule has 2 aromatic heterocycles. The van der Waals surface area contributed by atoms with Gasteiger partial charge in [-0.3, -0.25) is 9.78 Å². The Morgan fingerprint density at radius 1 is 1.42 bits per heavy atom. The van der Waals surface area contributed by atoms with Gasteiger partial charge in [0.15, 0.2) is 0 Å². The van der Waals surface area contributed by atoms with Crippen molar-refractivity contribution in [3.8, 4) is 0 Å². The second-order valence-corrected chi connectivity index (χ2v) is 4.69. The van der Waals surface area contributed by atoms with E-state index in [1.807, 2.05) is 6.92 Å². The van der Waals surface area contributed by atoms with Crippen LogP contribution in [0, 0.1) is 6.92 Å². The van der Waals surface area contributed by atoms with Crippen molar-refractivity contribution >= 4 is 23.2 Å². The summed E-state index contributed by atoms with van der Waals surface area (Å²) in [5.74, 6) is -1.68. The molecule has 0 bridgehead atoms. The van der Waals surface area contributed by atoms with Crippen LogP contribution in [0.4, 0.5) is 0 Å². The summed E-state index contributed by atoms with van der Waals surface area (Å²) in [6.07, 6.45) is 1.39. The molecular weight excluding hydrogens is 266 g/mol. The van der Waals surface area contributed by atoms with Crippen molar-refractivity contribution in [2.45, 2.75) is 13.5 Å². The van der Waals surface area contributed by atoms with Crippen LogP contribution < -0.4 is 5.32 Å². The van der Waals surface area contributed by atoms with E-state index in [1.54, 1.807) is 5.51 Å². The fourth-order valence-electron chi connectivity index (χ4n) is 1.50. The average Bonchev–Trinajstić information content (AvgIpc) is 2.81. The highest BCUT2D eigenvalue weighted by molar-refractivity contribution is 7.09. The maximum absolute atomic E-state index is 11.9. The number of thiazole rings is 1. The number of nitrogens with zero attached hydrogens (tertiary/aromatic N) is 2. The summed E-state index contributed by atoms with van der Waals surface area (Å²) in [4.78, 5) is 31.7. The summed E-state index contributed by atoms with van der Waals surface area (Å²) in [6, 6.07) is 2.83. The average molecular weight is 277 g/mol. The van der Waals surface area contributed by atoms with Gasteiger partial charge in [-0.05, 0) is 19.1 Å². The first-order chi connectivity index (χ1) is 9.09. The smallest absolute Gasteiger partial charge is 0.338 e. The lowest BCUT2D eigenvalue weighted by Crippen LogP contribution is -2.26. The van der Waals surface area contributed by atoms with E-state index < -0.39 is 11.9 Å². The number of aromatic nitrogens is 2. The highest BCUT2D eigenvalue weighted by Gasteiger charge is 2.17. The molecule has 0 aliphatic heterocycles. The number of carboxylic acid groups (broad SMARTS) is 1. The number of rotatable bonds is 4. The van der Waals surface area contributed by atoms with Crippen molar-refractivity contribution in [2.75, 3.05) is 0 Å². The predicted octanol–water partition coefficient (Wildman–Crippen LogP) is 1.47. The summed E-state index contributed by atoms with van der Waals surface area (Å²) >= 11 is 1.43. The van der Waals surface area contributed by atoms with E-state index in [0.29, 0.717) is 6.54 Å². The van der Waals surface area contributed by atoms with Crippen molar-refractivity contribution < 1.29 is 14.7 Å². The van der Waals surface area contributed by atoms with Gasteiger partial charge < -0.3 is 10.4 Å². The molecule has 0 saturated carbocycles. The second kappa shape index (κ2) is 5.57. The van der Waals surface area contributed by atoms with Crippen LogP contribution in [0.3, 0.4) is 0 Å². The molecule has 6 nitrogen and oxygen atoms in total. The summed E-state index contributed by atoms with van der Waals surface area (Å²) in [5.41, 5.74) is 2.35. The Labute approximate surface area is 113 Å². The Morgan fingerprint density at radius 2 is 2.21 bits per heavy atom. The predicted molar refractivity (Wildman–Crippen MR) is 69.2 cm³/mol. The van der Waals surface area contributed by atoms with Crippen LogP contribution >= 0.6 is 11.3 Å². The number of hydrogen-bond acceptors (Lipinski definition) is 5. The minimum Gasteiger partial charge on any atom is -0.478 e. The van der Waals surface area contributed by atoms with Crippen LogP contribution in [0.25, 0.3) is 0 Å². The lowest BCUT2D eigenvalue weighted by molar-refractivity contribution is 0.0690. The third-order valence-corrected chi connectivity index (χ3v) is 3.44. The van der Waals surface area contributed by atoms with Crippen LogP contribution in [0.15, 0.2) is 23.8 Å². The van der Waals surface area contributed by atoms with Gasteiger partial charge in [0.05, 0.1) is 23.3 Å². The summed E-state index contributed by atoms with van der Waals surface area (Å²) in [5, 5.41) is 11.6. The third kappa shape index (κ3) is 2.94. The fraction of sp³-hybridized carbons (Fsp3) is 0.167. The SMILES string of the molecule is Cc1ncsc1CNC(=O)c1ncccc1C(=O)O. The number of aryl methyl sites for hydroxylation is 1. The number of hydrogen-bond donors (Lipinski definition) is 2. The van der Waals surface area contributed by atoms with E-state index in [0.717, 1.165) is 10.6 Å². The standard InChI is InChI=1S/C12H11N3O3S/c1-7-9(19-6-15-7)5-14-11(16)10-8(12(17)18)3-2-4-13-10/h2-4,6H,5H2,1H3,(H,14,16)(H,17,18). The first-order valence-corrected chi connectivity index (χ1v) is 6.33. The number of carbonyl (C=O) groups is 2. The van der Waals surface area contributed by atoms with Gasteiger partial charge in [0.25, 0.3) is 5.91 Å². The molecule has 0 fully saturated rings. The van der Waals surface area contributed by atoms with Gasteiger partial charge >= 0.3 is 5.97 Å². The molecule has 0 saturated heterocycles. The first-order valence-electron chi connectivity index (χ1n) is 5.45. The van der Waals surface area contributed by atoms with E-state index in [9.17, 15) is 9.59 Å². The van der Waals surface area contributed by atoms with Gasteiger partial charge in [0.2, 0.25) is 0 Å². The Morgan fingerprint density at radius 3 is 2.84 bits per heavy atom. The highest BCUT2D eigenvalue weighted by atomic mass is 32.1. The van der Waals surface area contributed by atoms with Crippen LogP contribution in [0.2, 0.25) is 0 Å². The van der Waals surface area contributed by atoms with E-state index >= 15 is 0 Å². The first kappa shape index (κ1) is 13.2. The molecule has 0 unspecified atom stereocenters. The molecule has 0 atom stereocenters. The molecule has 2 heterocycles. The van der Waals surface area contributed by atoms with Crippen molar-refractivity contribution in [3.63, 3.8) is 0 Å². The second-order valence-electron chi connectivity index (χ2n) is 3.75. The molecule has 0 aromatic carbocycles. The molecule has 0 radical (unpaired) electrons. The van der Waals surface area contributed by atoms with Crippen LogP contribution in [-0.4, -0.2) is 27.0 Å². The topological polar surface area (TPSA) is 92.2 Å². The Balaban J connectivity index is 2.13. The Kier molecular flexibility index (Phi) is 3.86. The molecule has 2 rings (SSSR count). The van der Waals surface area contributed by atoms with Crippen LogP contribution in [-0.2, 0) is 6.54 Å². The lowest BCUT2D eigenvalue weighted by atomic mass is 10.2. The quantitative estimate of drug-likeness (QED) is 0.883. The summed E-state index contributed by atoms with van der Waals surface area (Å²) < 4.78 is 0. The summed E-state index contributed by atoms with van der Waals surface area (Å²) in [6.45, 7) is 2.16. The zero-order valence-corrected chi connectivity index (χ0v) is 10.9. The van der Waals surface area contributed by atoms with Gasteiger partial charge in [-0.25, -0.2) is 9.78 Å². The monoisotopic (exact) mass is 277 g/mol. The fourth-order valence-corrected chi connectivity index (χ4v) is 2.22. The number of carboxylic acids is 1. The maximum atomic E-state index is 11.9. The molecule has 7 heteroatoms. The minimum absolute atomic E-state index is 0.0860. The maximum Gasteiger partial charge on any atom is 0.338 e. The molecule has 2 aromatic rings. The lowest BCUT2D eigenvalue weighted by Gasteiger charge is -2.05. The van der Waals surface area contributed by atoms with Crippen LogP contribution in [0.5, 0.6) is 0 Å². The molecular formula is C12H11N3O3S. The zero-order valence-electron chi connectivity index (χ0n) is 10.1. The molecule has 1 amide bonds. The van der Waals surface area contributed by atoms with E-state index in [4.69, 9.17) is 5.11 Å². The normalized spacial score (nSPS) is 10.2. The van der Waals surface area contributed by atoms with Crippen molar-refractivity contribution in [3.05, 3.63) is 45.7 Å². The van der Waals surface area contributed by atoms with E-state index in [-0.39, 0.29) is 11.3 Å². The van der Waals surface area contributed by atoms with E-state index in [1.165, 1.54) is 29.7 Å². The largest absolute Gasteiger partial charge is 0.478 e. The number of nitrogens with one attached hydrogen (secondary N) is 1. The number of amides is 1. The molecule has 98 valence electrons. The minimum atomic E-state index is -1.17. The van der Waals surface area contributed by atoms with E-state index in [2.05, 4.69) is 15.3 Å². The van der Waals surface area contributed by atoms with Crippen molar-refractivity contribution in [1.82, 2.24) is 15.3 Å². The number of aromatic carboxylic acids is 1. The number of carbonyl (C=O) groups excluding carboxylic acids is 1. The highest BCUT2D eigenvalue weighted by Crippen LogP contribution is 2.12. The summed E-state index contributed by atoms with van der Waals surface area (Å²) in [7, 11) is 0. The zero-order chi connectivity index (χ0) is 13.8. The molecule has 0 aliphatic carbocycles. The van der Waals surface area contributed by atoms with Crippen molar-refractivity contribution in [1.29, 1.82) is 0 Å². The van der Waals surface area contributed by atoms with Gasteiger partial charge in [0, 0.05) is 11.1 Å². The van der Waals surface area contributed by atoms with Gasteiger partial charge in [-0.1, -0.05) is 0 Å². The number of pyridine rings is 1.